The third-order valence-corrected chi connectivity index (χ3v) is 7.08. The average molecular weight is 545 g/mol. The summed E-state index contributed by atoms with van der Waals surface area (Å²) in [6, 6.07) is 22.9. The van der Waals surface area contributed by atoms with Gasteiger partial charge in [-0.1, -0.05) is 68.8 Å². The Labute approximate surface area is 233 Å². The van der Waals surface area contributed by atoms with Gasteiger partial charge in [0.05, 0.1) is 12.1 Å². The Bertz CT molecular complexity index is 1480. The molecule has 4 aromatic rings. The second kappa shape index (κ2) is 11.9. The summed E-state index contributed by atoms with van der Waals surface area (Å²) in [6.07, 6.45) is 0.929. The molecule has 6 nitrogen and oxygen atoms in total. The predicted octanol–water partition coefficient (Wildman–Crippen LogP) is 6.61. The zero-order chi connectivity index (χ0) is 28.2. The number of carbonyl (C=O) groups is 3. The number of fused-ring (bicyclic) bond motifs is 1. The maximum atomic E-state index is 13.8. The maximum absolute atomic E-state index is 13.8. The lowest BCUT2D eigenvalue weighted by Crippen LogP contribution is -2.26. The van der Waals surface area contributed by atoms with Crippen LogP contribution in [0.1, 0.15) is 64.7 Å². The number of carboxylic acids is 1. The number of rotatable bonds is 10. The van der Waals surface area contributed by atoms with Crippen LogP contribution in [0.4, 0.5) is 0 Å². The van der Waals surface area contributed by atoms with Gasteiger partial charge in [-0.25, -0.2) is 0 Å². The normalized spacial score (nSPS) is 12.3. The van der Waals surface area contributed by atoms with Gasteiger partial charge in [-0.15, -0.1) is 0 Å². The number of benzene rings is 3. The van der Waals surface area contributed by atoms with Gasteiger partial charge in [-0.2, -0.15) is 0 Å². The topological polar surface area (TPSA) is 99.3 Å². The molecule has 0 unspecified atom stereocenters. The molecule has 0 fully saturated rings. The number of aliphatic carboxylic acids is 1. The molecule has 0 aliphatic heterocycles. The summed E-state index contributed by atoms with van der Waals surface area (Å²) in [6.45, 7) is 6.59. The molecule has 1 heterocycles. The molecule has 0 bridgehead atoms. The SMILES string of the molecule is CC(C)(C)c1ccc(C[C@@H](Cc2ccc(C(=O)NCCC(=O)O)cc2)C(=O)c2cc3cc(Cl)ccc3[nH]2)cc1. The van der Waals surface area contributed by atoms with Gasteiger partial charge in [0, 0.05) is 34.0 Å². The van der Waals surface area contributed by atoms with Crippen molar-refractivity contribution in [3.8, 4) is 0 Å². The standard InChI is InChI=1S/C32H33ClN2O4/c1-32(2,3)25-10-6-21(7-11-25)17-24(30(38)28-19-23-18-26(33)12-13-27(23)35-28)16-20-4-8-22(9-5-20)31(39)34-15-14-29(36)37/h4-13,18-19,24,35H,14-17H2,1-3H3,(H,34,39)(H,36,37)/t24-/m1/s1. The van der Waals surface area contributed by atoms with Gasteiger partial charge in [-0.3, -0.25) is 14.4 Å². The number of amides is 1. The average Bonchev–Trinajstić information content (AvgIpc) is 3.31. The molecule has 7 heteroatoms. The highest BCUT2D eigenvalue weighted by Gasteiger charge is 2.24. The highest BCUT2D eigenvalue weighted by Crippen LogP contribution is 2.26. The molecule has 202 valence electrons. The van der Waals surface area contributed by atoms with Crippen LogP contribution >= 0.6 is 11.6 Å². The van der Waals surface area contributed by atoms with Gasteiger partial charge in [0.25, 0.3) is 5.91 Å². The van der Waals surface area contributed by atoms with E-state index in [4.69, 9.17) is 16.7 Å². The van der Waals surface area contributed by atoms with E-state index in [1.807, 2.05) is 30.3 Å². The van der Waals surface area contributed by atoms with Crippen LogP contribution in [0.25, 0.3) is 10.9 Å². The number of carbonyl (C=O) groups excluding carboxylic acids is 2. The minimum Gasteiger partial charge on any atom is -0.481 e. The fourth-order valence-corrected chi connectivity index (χ4v) is 4.78. The molecule has 1 atom stereocenters. The molecule has 39 heavy (non-hydrogen) atoms. The van der Waals surface area contributed by atoms with Gasteiger partial charge in [0.15, 0.2) is 5.78 Å². The van der Waals surface area contributed by atoms with Crippen LogP contribution in [0.2, 0.25) is 5.02 Å². The number of Topliss-reactive ketones (excluding diaryl/α,β-unsaturated/α-hetero) is 1. The van der Waals surface area contributed by atoms with Crippen LogP contribution in [-0.2, 0) is 23.1 Å². The van der Waals surface area contributed by atoms with Gasteiger partial charge >= 0.3 is 5.97 Å². The minimum absolute atomic E-state index is 0.0118. The highest BCUT2D eigenvalue weighted by molar-refractivity contribution is 6.31. The number of hydrogen-bond donors (Lipinski definition) is 3. The fraction of sp³-hybridized carbons (Fsp3) is 0.281. The number of nitrogens with one attached hydrogen (secondary N) is 2. The Morgan fingerprint density at radius 2 is 1.51 bits per heavy atom. The van der Waals surface area contributed by atoms with Crippen LogP contribution in [0.15, 0.2) is 72.8 Å². The zero-order valence-electron chi connectivity index (χ0n) is 22.4. The van der Waals surface area contributed by atoms with Crippen molar-refractivity contribution < 1.29 is 19.5 Å². The number of hydrogen-bond acceptors (Lipinski definition) is 3. The van der Waals surface area contributed by atoms with Crippen molar-refractivity contribution in [2.45, 2.75) is 45.4 Å². The molecule has 3 aromatic carbocycles. The fourth-order valence-electron chi connectivity index (χ4n) is 4.60. The Kier molecular flexibility index (Phi) is 8.56. The van der Waals surface area contributed by atoms with Crippen molar-refractivity contribution in [1.82, 2.24) is 10.3 Å². The van der Waals surface area contributed by atoms with E-state index in [2.05, 4.69) is 55.3 Å². The molecular weight excluding hydrogens is 512 g/mol. The van der Waals surface area contributed by atoms with Crippen molar-refractivity contribution in [1.29, 1.82) is 0 Å². The largest absolute Gasteiger partial charge is 0.481 e. The van der Waals surface area contributed by atoms with Crippen LogP contribution < -0.4 is 5.32 Å². The van der Waals surface area contributed by atoms with E-state index < -0.39 is 5.97 Å². The smallest absolute Gasteiger partial charge is 0.305 e. The van der Waals surface area contributed by atoms with E-state index in [0.717, 1.165) is 22.0 Å². The van der Waals surface area contributed by atoms with Crippen LogP contribution in [0.3, 0.4) is 0 Å². The second-order valence-corrected chi connectivity index (χ2v) is 11.4. The number of aromatic amines is 1. The monoisotopic (exact) mass is 544 g/mol. The second-order valence-electron chi connectivity index (χ2n) is 10.9. The third kappa shape index (κ3) is 7.36. The van der Waals surface area contributed by atoms with E-state index in [1.54, 1.807) is 18.2 Å². The number of halogens is 1. The highest BCUT2D eigenvalue weighted by atomic mass is 35.5. The lowest BCUT2D eigenvalue weighted by atomic mass is 9.84. The maximum Gasteiger partial charge on any atom is 0.305 e. The lowest BCUT2D eigenvalue weighted by Gasteiger charge is -2.20. The predicted molar refractivity (Wildman–Crippen MR) is 155 cm³/mol. The summed E-state index contributed by atoms with van der Waals surface area (Å²) in [5.41, 5.74) is 5.13. The van der Waals surface area contributed by atoms with Crippen LogP contribution in [0.5, 0.6) is 0 Å². The van der Waals surface area contributed by atoms with Gasteiger partial charge in [0.1, 0.15) is 0 Å². The summed E-state index contributed by atoms with van der Waals surface area (Å²) in [7, 11) is 0. The van der Waals surface area contributed by atoms with E-state index in [9.17, 15) is 14.4 Å². The van der Waals surface area contributed by atoms with Crippen molar-refractivity contribution in [2.75, 3.05) is 6.54 Å². The first kappa shape index (κ1) is 28.1. The molecule has 4 rings (SSSR count). The number of carboxylic acid groups (broad SMARTS) is 1. The van der Waals surface area contributed by atoms with Crippen molar-refractivity contribution in [3.63, 3.8) is 0 Å². The summed E-state index contributed by atoms with van der Waals surface area (Å²) in [5.74, 6) is -1.61. The first-order valence-corrected chi connectivity index (χ1v) is 13.4. The number of H-pyrrole nitrogens is 1. The van der Waals surface area contributed by atoms with Gasteiger partial charge < -0.3 is 15.4 Å². The van der Waals surface area contributed by atoms with Gasteiger partial charge in [-0.05, 0) is 71.3 Å². The minimum atomic E-state index is -0.965. The molecule has 1 aromatic heterocycles. The summed E-state index contributed by atoms with van der Waals surface area (Å²) in [5, 5.41) is 12.9. The number of ketones is 1. The molecule has 3 N–H and O–H groups in total. The summed E-state index contributed by atoms with van der Waals surface area (Å²) >= 11 is 6.15. The quantitative estimate of drug-likeness (QED) is 0.196. The molecule has 0 aliphatic carbocycles. The third-order valence-electron chi connectivity index (χ3n) is 6.84. The van der Waals surface area contributed by atoms with Crippen molar-refractivity contribution in [2.24, 2.45) is 5.92 Å². The molecule has 0 aliphatic rings. The molecular formula is C32H33ClN2O4. The van der Waals surface area contributed by atoms with Crippen LogP contribution in [-0.4, -0.2) is 34.3 Å². The lowest BCUT2D eigenvalue weighted by molar-refractivity contribution is -0.136. The molecule has 1 amide bonds. The Hall–Kier alpha value is -3.90. The molecule has 0 radical (unpaired) electrons. The van der Waals surface area contributed by atoms with E-state index in [1.165, 1.54) is 5.56 Å². The number of aromatic nitrogens is 1. The Morgan fingerprint density at radius 1 is 0.897 bits per heavy atom. The van der Waals surface area contributed by atoms with E-state index in [0.29, 0.717) is 29.1 Å². The summed E-state index contributed by atoms with van der Waals surface area (Å²) in [4.78, 5) is 40.1. The Morgan fingerprint density at radius 3 is 2.10 bits per heavy atom. The van der Waals surface area contributed by atoms with Crippen molar-refractivity contribution in [3.05, 3.63) is 106 Å². The molecule has 0 saturated heterocycles. The first-order chi connectivity index (χ1) is 18.5. The molecule has 0 saturated carbocycles. The van der Waals surface area contributed by atoms with E-state index >= 15 is 0 Å². The van der Waals surface area contributed by atoms with Crippen LogP contribution in [0, 0.1) is 5.92 Å². The zero-order valence-corrected chi connectivity index (χ0v) is 23.1. The molecule has 0 spiro atoms. The Balaban J connectivity index is 1.56. The van der Waals surface area contributed by atoms with E-state index in [-0.39, 0.29) is 36.0 Å². The first-order valence-electron chi connectivity index (χ1n) is 13.0. The summed E-state index contributed by atoms with van der Waals surface area (Å²) < 4.78 is 0. The van der Waals surface area contributed by atoms with Crippen molar-refractivity contribution >= 4 is 40.2 Å². The van der Waals surface area contributed by atoms with Gasteiger partial charge in [0.2, 0.25) is 0 Å².